The van der Waals surface area contributed by atoms with Gasteiger partial charge in [-0.15, -0.1) is 0 Å². The van der Waals surface area contributed by atoms with Gasteiger partial charge >= 0.3 is 23.1 Å². The van der Waals surface area contributed by atoms with Crippen molar-refractivity contribution in [3.63, 3.8) is 0 Å². The van der Waals surface area contributed by atoms with Gasteiger partial charge in [0.25, 0.3) is 0 Å². The average molecular weight is 169 g/mol. The van der Waals surface area contributed by atoms with E-state index >= 15 is 0 Å². The summed E-state index contributed by atoms with van der Waals surface area (Å²) in [7, 11) is 0. The summed E-state index contributed by atoms with van der Waals surface area (Å²) in [6, 6.07) is 0. The second-order valence-corrected chi connectivity index (χ2v) is 0. The van der Waals surface area contributed by atoms with E-state index < -0.39 is 0 Å². The van der Waals surface area contributed by atoms with E-state index in [0.29, 0.717) is 0 Å². The first kappa shape index (κ1) is 121. The smallest absolute Gasteiger partial charge is 0.316 e. The zero-order valence-electron chi connectivity index (χ0n) is 1.83. The Bertz CT molecular complexity index is 10.8. The van der Waals surface area contributed by atoms with E-state index in [1.807, 2.05) is 0 Å². The molecule has 1 radical (unpaired) electrons. The molecule has 0 atom stereocenters. The van der Waals surface area contributed by atoms with Crippen LogP contribution in [0.25, 0.3) is 0 Å². The molecule has 6 heavy (non-hydrogen) atoms. The zero-order valence-corrected chi connectivity index (χ0v) is 2.87. The van der Waals surface area contributed by atoms with Gasteiger partial charge in [-0.05, 0) is 0 Å². The van der Waals surface area contributed by atoms with Crippen LogP contribution in [-0.4, -0.2) is 56.8 Å². The van der Waals surface area contributed by atoms with Gasteiger partial charge in [0.2, 0.25) is 0 Å². The molecule has 0 aliphatic rings. The predicted octanol–water partition coefficient (Wildman–Crippen LogP) is -4.58. The molecule has 43 valence electrons. The van der Waals surface area contributed by atoms with Crippen LogP contribution in [-0.2, 0) is 16.8 Å². The summed E-state index contributed by atoms with van der Waals surface area (Å²) in [6.07, 6.45) is 0. The fraction of sp³-hybridized carbons (Fsp3) is 0. The van der Waals surface area contributed by atoms with Crippen LogP contribution in [0.1, 0.15) is 0 Å². The maximum absolute atomic E-state index is 0. The van der Waals surface area contributed by atoms with Gasteiger partial charge in [-0.2, -0.15) is 0 Å². The molecule has 0 fully saturated rings. The van der Waals surface area contributed by atoms with Gasteiger partial charge in [0, 0.05) is 16.8 Å². The molecule has 0 saturated heterocycles. The standard InChI is InChI=1S/Al.Co.Mg.3H2O.5H/h;;;3*1H2;;;;;. The quantitative estimate of drug-likeness (QED) is 0.326. The maximum atomic E-state index is 0. The van der Waals surface area contributed by atoms with Crippen LogP contribution in [0.5, 0.6) is 0 Å². The summed E-state index contributed by atoms with van der Waals surface area (Å²) in [5, 5.41) is 0. The summed E-state index contributed by atoms with van der Waals surface area (Å²) in [5.41, 5.74) is 0. The number of hydrogen-bond donors (Lipinski definition) is 0. The van der Waals surface area contributed by atoms with Gasteiger partial charge in [-0.3, -0.25) is 0 Å². The Morgan fingerprint density at radius 1 is 0.667 bits per heavy atom. The second-order valence-electron chi connectivity index (χ2n) is 0. The van der Waals surface area contributed by atoms with Crippen molar-refractivity contribution in [2.24, 2.45) is 0 Å². The minimum Gasteiger partial charge on any atom is -0.412 e. The van der Waals surface area contributed by atoms with Crippen molar-refractivity contribution >= 4 is 40.4 Å². The molecule has 0 saturated carbocycles. The molecule has 3 nitrogen and oxygen atoms in total. The molecule has 0 rings (SSSR count). The molecular formula is H11AlCoMgO3. The minimum absolute atomic E-state index is 0. The SMILES string of the molecule is O.O.O.[AlH3].[Co].[MgH2]. The van der Waals surface area contributed by atoms with Gasteiger partial charge in [0.1, 0.15) is 0 Å². The zero-order chi connectivity index (χ0) is 0. The Labute approximate surface area is 73.3 Å². The first-order chi connectivity index (χ1) is 0. The summed E-state index contributed by atoms with van der Waals surface area (Å²) in [5.74, 6) is 0. The van der Waals surface area contributed by atoms with E-state index in [0.717, 1.165) is 0 Å². The first-order valence-electron chi connectivity index (χ1n) is 0. The Kier molecular flexibility index (Phi) is 1530. The van der Waals surface area contributed by atoms with Crippen LogP contribution in [0.3, 0.4) is 0 Å². The molecule has 6 N–H and O–H groups in total. The maximum Gasteiger partial charge on any atom is 0.316 e. The van der Waals surface area contributed by atoms with Crippen molar-refractivity contribution in [3.05, 3.63) is 0 Å². The van der Waals surface area contributed by atoms with Crippen LogP contribution in [0.4, 0.5) is 0 Å². The number of hydrogen-bond acceptors (Lipinski definition) is 0. The summed E-state index contributed by atoms with van der Waals surface area (Å²) >= 11 is 0. The van der Waals surface area contributed by atoms with Crippen molar-refractivity contribution in [2.75, 3.05) is 0 Å². The second kappa shape index (κ2) is 76.1. The molecule has 0 aliphatic carbocycles. The Hall–Kier alpha value is 1.69. The van der Waals surface area contributed by atoms with Crippen molar-refractivity contribution in [1.29, 1.82) is 0 Å². The fourth-order valence-electron chi connectivity index (χ4n) is 0. The molecule has 0 aromatic heterocycles. The molecule has 0 aliphatic heterocycles. The van der Waals surface area contributed by atoms with E-state index in [4.69, 9.17) is 0 Å². The Morgan fingerprint density at radius 3 is 0.667 bits per heavy atom. The summed E-state index contributed by atoms with van der Waals surface area (Å²) in [6.45, 7) is 0. The summed E-state index contributed by atoms with van der Waals surface area (Å²) < 4.78 is 0. The topological polar surface area (TPSA) is 94.5 Å². The van der Waals surface area contributed by atoms with Crippen LogP contribution >= 0.6 is 0 Å². The van der Waals surface area contributed by atoms with Crippen molar-refractivity contribution in [3.8, 4) is 0 Å². The molecule has 0 spiro atoms. The number of rotatable bonds is 0. The summed E-state index contributed by atoms with van der Waals surface area (Å²) in [4.78, 5) is 0. The molecule has 6 heteroatoms. The molecular weight excluding hydrogens is 158 g/mol. The largest absolute Gasteiger partial charge is 0.412 e. The van der Waals surface area contributed by atoms with Gasteiger partial charge in [0.15, 0.2) is 17.4 Å². The van der Waals surface area contributed by atoms with Gasteiger partial charge in [-0.25, -0.2) is 0 Å². The van der Waals surface area contributed by atoms with Gasteiger partial charge in [-0.1, -0.05) is 0 Å². The van der Waals surface area contributed by atoms with E-state index in [1.165, 1.54) is 0 Å². The van der Waals surface area contributed by atoms with Crippen molar-refractivity contribution in [2.45, 2.75) is 0 Å². The van der Waals surface area contributed by atoms with Crippen LogP contribution < -0.4 is 0 Å². The van der Waals surface area contributed by atoms with Crippen LogP contribution in [0.2, 0.25) is 0 Å². The van der Waals surface area contributed by atoms with E-state index in [-0.39, 0.29) is 73.6 Å². The third-order valence-corrected chi connectivity index (χ3v) is 0. The molecule has 0 aromatic rings. The van der Waals surface area contributed by atoms with Crippen LogP contribution in [0.15, 0.2) is 0 Å². The third-order valence-electron chi connectivity index (χ3n) is 0. The Balaban J connectivity index is 0. The van der Waals surface area contributed by atoms with Gasteiger partial charge in [0.05, 0.1) is 0 Å². The third kappa shape index (κ3) is 43.9. The minimum atomic E-state index is 0. The van der Waals surface area contributed by atoms with Crippen molar-refractivity contribution < 1.29 is 33.2 Å². The normalized spacial score (nSPS) is 0. The molecule has 0 bridgehead atoms. The molecule has 0 unspecified atom stereocenters. The van der Waals surface area contributed by atoms with E-state index in [9.17, 15) is 0 Å². The van der Waals surface area contributed by atoms with Crippen LogP contribution in [0, 0.1) is 0 Å². The monoisotopic (exact) mass is 169 g/mol. The first-order valence-corrected chi connectivity index (χ1v) is 0. The van der Waals surface area contributed by atoms with Gasteiger partial charge < -0.3 is 16.4 Å². The molecule has 0 heterocycles. The Morgan fingerprint density at radius 2 is 0.667 bits per heavy atom. The van der Waals surface area contributed by atoms with E-state index in [1.54, 1.807) is 0 Å². The van der Waals surface area contributed by atoms with E-state index in [2.05, 4.69) is 0 Å². The van der Waals surface area contributed by atoms with Crippen molar-refractivity contribution in [1.82, 2.24) is 0 Å². The fourth-order valence-corrected chi connectivity index (χ4v) is 0. The predicted molar refractivity (Wildman–Crippen MR) is 29.3 cm³/mol. The molecule has 0 aromatic carbocycles. The molecule has 0 amide bonds. The average Bonchev–Trinajstić information content (AvgIpc) is 0.